The number of phosphoric acid groups is 1. The van der Waals surface area contributed by atoms with Gasteiger partial charge in [-0.05, 0) is 0 Å². The zero-order chi connectivity index (χ0) is 24.9. The van der Waals surface area contributed by atoms with Crippen LogP contribution in [0.3, 0.4) is 0 Å². The van der Waals surface area contributed by atoms with Gasteiger partial charge in [0.25, 0.3) is 0 Å². The van der Waals surface area contributed by atoms with Gasteiger partial charge >= 0.3 is 211 Å². The van der Waals surface area contributed by atoms with Crippen LogP contribution in [-0.2, 0) is 32.6 Å². The monoisotopic (exact) mass is 558 g/mol. The van der Waals surface area contributed by atoms with Crippen LogP contribution in [0.5, 0.6) is 0 Å². The van der Waals surface area contributed by atoms with Crippen LogP contribution in [0.1, 0.15) is 40.5 Å². The van der Waals surface area contributed by atoms with Crippen molar-refractivity contribution in [3.05, 3.63) is 30.3 Å². The van der Waals surface area contributed by atoms with E-state index in [2.05, 4.69) is 0 Å². The molecule has 0 spiro atoms. The van der Waals surface area contributed by atoms with Gasteiger partial charge in [-0.3, -0.25) is 0 Å². The van der Waals surface area contributed by atoms with E-state index in [1.807, 2.05) is 58.0 Å². The molecule has 2 aliphatic rings. The summed E-state index contributed by atoms with van der Waals surface area (Å²) in [6.07, 6.45) is -1.12. The molecular weight excluding hydrogens is 524 g/mol. The molecule has 0 aromatic heterocycles. The number of benzene rings is 1. The molecule has 1 unspecified atom stereocenters. The zero-order valence-corrected chi connectivity index (χ0v) is 22.7. The van der Waals surface area contributed by atoms with E-state index in [4.69, 9.17) is 43.7 Å². The predicted molar refractivity (Wildman–Crippen MR) is 131 cm³/mol. The van der Waals surface area contributed by atoms with Crippen LogP contribution < -0.4 is 4.46 Å². The Bertz CT molecular complexity index is 819. The fraction of sp³-hybridized carbons (Fsp3) is 0.727. The number of hydrogen-bond donors (Lipinski definition) is 1. The number of ether oxygens (including phenoxy) is 4. The molecule has 4 radical (unpaired) electrons. The fourth-order valence-corrected chi connectivity index (χ4v) is 7.65. The molecule has 2 heterocycles. The molecule has 34 heavy (non-hydrogen) atoms. The van der Waals surface area contributed by atoms with Crippen molar-refractivity contribution in [1.82, 2.24) is 0 Å². The van der Waals surface area contributed by atoms with E-state index in [0.717, 1.165) is 4.46 Å². The van der Waals surface area contributed by atoms with Gasteiger partial charge in [-0.25, -0.2) is 0 Å². The van der Waals surface area contributed by atoms with Gasteiger partial charge in [0.1, 0.15) is 0 Å². The van der Waals surface area contributed by atoms with Crippen molar-refractivity contribution >= 4 is 42.9 Å². The maximum atomic E-state index is 13.0. The van der Waals surface area contributed by atoms with Crippen LogP contribution in [-0.4, -0.2) is 95.8 Å². The third kappa shape index (κ3) is 8.17. The van der Waals surface area contributed by atoms with Crippen molar-refractivity contribution in [3.63, 3.8) is 0 Å². The molecule has 8 nitrogen and oxygen atoms in total. The van der Waals surface area contributed by atoms with Gasteiger partial charge in [0.15, 0.2) is 0 Å². The number of phosphoric ester groups is 1. The summed E-state index contributed by atoms with van der Waals surface area (Å²) in [6, 6.07) is 8.56. The first-order valence-corrected chi connectivity index (χ1v) is 14.7. The summed E-state index contributed by atoms with van der Waals surface area (Å²) in [4.78, 5) is 10.6. The maximum absolute atomic E-state index is 13.0. The van der Waals surface area contributed by atoms with Crippen LogP contribution in [0.25, 0.3) is 0 Å². The Kier molecular flexibility index (Phi) is 10.3. The van der Waals surface area contributed by atoms with E-state index in [0.29, 0.717) is 6.42 Å². The third-order valence-electron chi connectivity index (χ3n) is 5.28. The van der Waals surface area contributed by atoms with Gasteiger partial charge < -0.3 is 0 Å². The quantitative estimate of drug-likeness (QED) is 0.307. The molecule has 2 fully saturated rings. The number of hydrogen-bond acceptors (Lipinski definition) is 7. The Hall–Kier alpha value is -0.181. The molecule has 12 heteroatoms. The van der Waals surface area contributed by atoms with Gasteiger partial charge in [-0.2, -0.15) is 0 Å². The molecule has 7 atom stereocenters. The van der Waals surface area contributed by atoms with Crippen LogP contribution in [0.2, 0.25) is 0 Å². The summed E-state index contributed by atoms with van der Waals surface area (Å²) >= 11 is -0.320. The van der Waals surface area contributed by atoms with Crippen molar-refractivity contribution in [2.45, 2.75) is 87.6 Å². The van der Waals surface area contributed by atoms with Gasteiger partial charge in [-0.1, -0.05) is 0 Å². The van der Waals surface area contributed by atoms with E-state index in [1.54, 1.807) is 0 Å². The number of rotatable bonds is 12. The third-order valence-corrected chi connectivity index (χ3v) is 9.07. The molecule has 0 bridgehead atoms. The Labute approximate surface area is 211 Å². The molecule has 0 aliphatic carbocycles. The second kappa shape index (κ2) is 12.4. The van der Waals surface area contributed by atoms with Crippen LogP contribution >= 0.6 is 7.82 Å². The molecule has 1 aromatic rings. The summed E-state index contributed by atoms with van der Waals surface area (Å²) in [7, 11) is 7.51. The van der Waals surface area contributed by atoms with Crippen molar-refractivity contribution < 1.29 is 37.5 Å². The normalized spacial score (nSPS) is 33.6. The molecule has 0 saturated carbocycles. The van der Waals surface area contributed by atoms with Crippen molar-refractivity contribution in [2.24, 2.45) is 0 Å². The standard InChI is InChI=1S/C22H33B2O8PSe/c1-14(2)27-13-22(34-16-8-6-5-7-9-16)19(11-21(24)31-22)32-33(25,26)28-12-18-17(29-15(3)4)10-20(23)30-18/h5-9,14-15,17-21H,10-13H2,1-4H3,(H,25,26)/t17-,18-,19-,20-,21-,22+/m1/s1. The van der Waals surface area contributed by atoms with Crippen LogP contribution in [0, 0.1) is 0 Å². The average Bonchev–Trinajstić information content (AvgIpc) is 3.23. The first-order chi connectivity index (χ1) is 16.0. The van der Waals surface area contributed by atoms with E-state index in [1.165, 1.54) is 0 Å². The van der Waals surface area contributed by atoms with E-state index in [9.17, 15) is 9.46 Å². The topological polar surface area (TPSA) is 92.7 Å². The Morgan fingerprint density at radius 1 is 1.15 bits per heavy atom. The molecule has 0 amide bonds. The van der Waals surface area contributed by atoms with Gasteiger partial charge in [0, 0.05) is 0 Å². The van der Waals surface area contributed by atoms with Gasteiger partial charge in [-0.15, -0.1) is 0 Å². The second-order valence-corrected chi connectivity index (χ2v) is 13.3. The fourth-order valence-electron chi connectivity index (χ4n) is 3.86. The first-order valence-electron chi connectivity index (χ1n) is 11.5. The summed E-state index contributed by atoms with van der Waals surface area (Å²) in [6.45, 7) is 7.60. The van der Waals surface area contributed by atoms with Crippen LogP contribution in [0.15, 0.2) is 30.3 Å². The Morgan fingerprint density at radius 3 is 2.50 bits per heavy atom. The van der Waals surface area contributed by atoms with E-state index < -0.39 is 36.5 Å². The first kappa shape index (κ1) is 28.4. The minimum atomic E-state index is -4.49. The average molecular weight is 557 g/mol. The SMILES string of the molecule is [B][C@H]1C[C@@H](OC(C)C)[C@@H](COP(=O)(O)O[C@@H]2C[C@H]([B])O[C@@]2(COC(C)C)[Se]c2ccccc2)O1. The molecule has 186 valence electrons. The summed E-state index contributed by atoms with van der Waals surface area (Å²) in [5.74, 6) is 0. The molecule has 1 N–H and O–H groups in total. The second-order valence-electron chi connectivity index (χ2n) is 9.01. The van der Waals surface area contributed by atoms with Crippen LogP contribution in [0.4, 0.5) is 0 Å². The van der Waals surface area contributed by atoms with Crippen molar-refractivity contribution in [3.8, 4) is 0 Å². The minimum absolute atomic E-state index is 0.0440. The summed E-state index contributed by atoms with van der Waals surface area (Å²) < 4.78 is 47.5. The van der Waals surface area contributed by atoms with Crippen molar-refractivity contribution in [1.29, 1.82) is 0 Å². The summed E-state index contributed by atoms with van der Waals surface area (Å²) in [5.41, 5.74) is 0. The predicted octanol–water partition coefficient (Wildman–Crippen LogP) is 1.63. The van der Waals surface area contributed by atoms with Crippen molar-refractivity contribution in [2.75, 3.05) is 13.2 Å². The molecule has 1 aromatic carbocycles. The molecule has 3 rings (SSSR count). The van der Waals surface area contributed by atoms with Gasteiger partial charge in [0.05, 0.1) is 0 Å². The Balaban J connectivity index is 1.71. The molecule has 2 aliphatic heterocycles. The zero-order valence-electron chi connectivity index (χ0n) is 20.1. The van der Waals surface area contributed by atoms with E-state index in [-0.39, 0.29) is 52.9 Å². The van der Waals surface area contributed by atoms with E-state index >= 15 is 0 Å². The Morgan fingerprint density at radius 2 is 1.85 bits per heavy atom. The summed E-state index contributed by atoms with van der Waals surface area (Å²) in [5, 5.41) is 0. The molecule has 2 saturated heterocycles. The van der Waals surface area contributed by atoms with Gasteiger partial charge in [0.2, 0.25) is 0 Å². The molecular formula is C22H33B2O8PSe.